The van der Waals surface area contributed by atoms with E-state index in [1.54, 1.807) is 6.20 Å². The zero-order chi connectivity index (χ0) is 17.6. The molecule has 0 spiro atoms. The Morgan fingerprint density at radius 1 is 1.32 bits per heavy atom. The van der Waals surface area contributed by atoms with E-state index >= 15 is 0 Å². The molecule has 1 aliphatic rings. The topological polar surface area (TPSA) is 62.2 Å². The van der Waals surface area contributed by atoms with Gasteiger partial charge in [0.1, 0.15) is 5.82 Å². The van der Waals surface area contributed by atoms with Crippen LogP contribution < -0.4 is 15.5 Å². The van der Waals surface area contributed by atoms with Crippen molar-refractivity contribution in [2.75, 3.05) is 18.0 Å². The highest BCUT2D eigenvalue weighted by atomic mass is 16.2. The van der Waals surface area contributed by atoms with Gasteiger partial charge >= 0.3 is 6.03 Å². The van der Waals surface area contributed by atoms with Crippen molar-refractivity contribution in [1.82, 2.24) is 20.2 Å². The fraction of sp³-hybridized carbons (Fsp3) is 0.474. The molecule has 0 saturated carbocycles. The molecule has 1 fully saturated rings. The van der Waals surface area contributed by atoms with Crippen LogP contribution in [0, 0.1) is 5.92 Å². The van der Waals surface area contributed by atoms with Gasteiger partial charge in [-0.2, -0.15) is 0 Å². The van der Waals surface area contributed by atoms with E-state index in [9.17, 15) is 4.79 Å². The summed E-state index contributed by atoms with van der Waals surface area (Å²) in [5, 5.41) is 6.00. The number of nitrogens with one attached hydrogen (secondary N) is 2. The molecule has 0 aliphatic carbocycles. The number of aromatic nitrogens is 2. The van der Waals surface area contributed by atoms with E-state index < -0.39 is 0 Å². The van der Waals surface area contributed by atoms with Crippen molar-refractivity contribution in [1.29, 1.82) is 0 Å². The van der Waals surface area contributed by atoms with Gasteiger partial charge in [0, 0.05) is 43.8 Å². The summed E-state index contributed by atoms with van der Waals surface area (Å²) in [6.45, 7) is 7.51. The van der Waals surface area contributed by atoms with Crippen LogP contribution in [0.4, 0.5) is 10.5 Å². The zero-order valence-electron chi connectivity index (χ0n) is 15.0. The van der Waals surface area contributed by atoms with Gasteiger partial charge in [0.05, 0.1) is 6.54 Å². The molecule has 2 amide bonds. The Labute approximate surface area is 149 Å². The second-order valence-electron chi connectivity index (χ2n) is 6.98. The second kappa shape index (κ2) is 8.05. The first-order valence-electron chi connectivity index (χ1n) is 8.96. The summed E-state index contributed by atoms with van der Waals surface area (Å²) in [5.41, 5.74) is 1.21. The molecule has 3 rings (SSSR count). The molecule has 0 radical (unpaired) electrons. The van der Waals surface area contributed by atoms with Crippen LogP contribution in [-0.4, -0.2) is 34.7 Å². The van der Waals surface area contributed by atoms with Crippen molar-refractivity contribution in [2.24, 2.45) is 5.92 Å². The van der Waals surface area contributed by atoms with Gasteiger partial charge in [0.15, 0.2) is 0 Å². The number of hydrogen-bond acceptors (Lipinski definition) is 3. The Hall–Kier alpha value is -2.50. The molecule has 1 aliphatic heterocycles. The van der Waals surface area contributed by atoms with Crippen LogP contribution in [-0.2, 0) is 13.1 Å². The highest BCUT2D eigenvalue weighted by molar-refractivity contribution is 5.74. The summed E-state index contributed by atoms with van der Waals surface area (Å²) in [6, 6.07) is 10.4. The summed E-state index contributed by atoms with van der Waals surface area (Å²) < 4.78 is 2.09. The molecule has 2 N–H and O–H groups in total. The van der Waals surface area contributed by atoms with Gasteiger partial charge in [-0.05, 0) is 24.5 Å². The van der Waals surface area contributed by atoms with E-state index in [-0.39, 0.29) is 12.1 Å². The highest BCUT2D eigenvalue weighted by Gasteiger charge is 2.23. The molecule has 0 bridgehead atoms. The third kappa shape index (κ3) is 4.75. The number of benzene rings is 1. The summed E-state index contributed by atoms with van der Waals surface area (Å²) in [6.07, 6.45) is 4.71. The van der Waals surface area contributed by atoms with Crippen molar-refractivity contribution < 1.29 is 4.79 Å². The average Bonchev–Trinajstić information content (AvgIpc) is 3.23. The van der Waals surface area contributed by atoms with Crippen molar-refractivity contribution in [3.63, 3.8) is 0 Å². The average molecular weight is 341 g/mol. The van der Waals surface area contributed by atoms with Gasteiger partial charge < -0.3 is 20.1 Å². The molecule has 1 aromatic heterocycles. The largest absolute Gasteiger partial charge is 0.369 e. The van der Waals surface area contributed by atoms with Crippen molar-refractivity contribution in [2.45, 2.75) is 39.4 Å². The number of nitrogens with zero attached hydrogens (tertiary/aromatic N) is 3. The number of carbonyl (C=O) groups is 1. The lowest BCUT2D eigenvalue weighted by atomic mass is 10.2. The van der Waals surface area contributed by atoms with Crippen molar-refractivity contribution in [3.8, 4) is 0 Å². The van der Waals surface area contributed by atoms with Crippen LogP contribution in [0.25, 0.3) is 0 Å². The van der Waals surface area contributed by atoms with E-state index in [0.29, 0.717) is 12.5 Å². The maximum absolute atomic E-state index is 12.2. The third-order valence-electron chi connectivity index (χ3n) is 4.42. The fourth-order valence-corrected chi connectivity index (χ4v) is 3.21. The van der Waals surface area contributed by atoms with Crippen LogP contribution in [0.5, 0.6) is 0 Å². The Morgan fingerprint density at radius 3 is 2.88 bits per heavy atom. The third-order valence-corrected chi connectivity index (χ3v) is 4.42. The maximum atomic E-state index is 12.2. The highest BCUT2D eigenvalue weighted by Crippen LogP contribution is 2.19. The predicted molar refractivity (Wildman–Crippen MR) is 99.5 cm³/mol. The lowest BCUT2D eigenvalue weighted by molar-refractivity contribution is 0.237. The first-order chi connectivity index (χ1) is 12.1. The Morgan fingerprint density at radius 2 is 2.12 bits per heavy atom. The molecule has 1 saturated heterocycles. The lowest BCUT2D eigenvalue weighted by Crippen LogP contribution is -2.43. The first-order valence-corrected chi connectivity index (χ1v) is 8.96. The van der Waals surface area contributed by atoms with E-state index in [1.807, 2.05) is 24.4 Å². The first kappa shape index (κ1) is 17.3. The van der Waals surface area contributed by atoms with E-state index in [0.717, 1.165) is 31.9 Å². The summed E-state index contributed by atoms with van der Waals surface area (Å²) >= 11 is 0. The number of amides is 2. The molecular formula is C19H27N5O. The van der Waals surface area contributed by atoms with E-state index in [4.69, 9.17) is 0 Å². The molecule has 25 heavy (non-hydrogen) atoms. The van der Waals surface area contributed by atoms with Crippen LogP contribution in [0.2, 0.25) is 0 Å². The quantitative estimate of drug-likeness (QED) is 0.849. The number of rotatable bonds is 6. The molecule has 6 nitrogen and oxygen atoms in total. The second-order valence-corrected chi connectivity index (χ2v) is 6.98. The SMILES string of the molecule is CC(C)Cn1ccnc1CNC(=O)N[C@@H]1CCN(c2ccccc2)C1. The number of para-hydroxylation sites is 1. The number of carbonyl (C=O) groups excluding carboxylic acids is 1. The minimum Gasteiger partial charge on any atom is -0.369 e. The molecular weight excluding hydrogens is 314 g/mol. The Balaban J connectivity index is 1.45. The smallest absolute Gasteiger partial charge is 0.315 e. The normalized spacial score (nSPS) is 17.1. The van der Waals surface area contributed by atoms with E-state index in [2.05, 4.69) is 51.1 Å². The predicted octanol–water partition coefficient (Wildman–Crippen LogP) is 2.62. The van der Waals surface area contributed by atoms with Gasteiger partial charge in [-0.1, -0.05) is 32.0 Å². The van der Waals surface area contributed by atoms with Crippen LogP contribution in [0.1, 0.15) is 26.1 Å². The van der Waals surface area contributed by atoms with Crippen LogP contribution >= 0.6 is 0 Å². The lowest BCUT2D eigenvalue weighted by Gasteiger charge is -2.19. The summed E-state index contributed by atoms with van der Waals surface area (Å²) in [5.74, 6) is 1.44. The molecule has 6 heteroatoms. The van der Waals surface area contributed by atoms with Gasteiger partial charge in [0.2, 0.25) is 0 Å². The molecule has 1 aromatic carbocycles. The molecule has 134 valence electrons. The number of urea groups is 1. The number of hydrogen-bond donors (Lipinski definition) is 2. The molecule has 1 atom stereocenters. The van der Waals surface area contributed by atoms with Gasteiger partial charge in [-0.3, -0.25) is 0 Å². The van der Waals surface area contributed by atoms with Crippen molar-refractivity contribution in [3.05, 3.63) is 48.5 Å². The minimum atomic E-state index is -0.126. The number of anilines is 1. The zero-order valence-corrected chi connectivity index (χ0v) is 15.0. The van der Waals surface area contributed by atoms with Gasteiger partial charge in [0.25, 0.3) is 0 Å². The molecule has 2 heterocycles. The van der Waals surface area contributed by atoms with Gasteiger partial charge in [-0.25, -0.2) is 9.78 Å². The maximum Gasteiger partial charge on any atom is 0.315 e. The monoisotopic (exact) mass is 341 g/mol. The Kier molecular flexibility index (Phi) is 5.58. The molecule has 2 aromatic rings. The van der Waals surface area contributed by atoms with Crippen molar-refractivity contribution >= 4 is 11.7 Å². The summed E-state index contributed by atoms with van der Waals surface area (Å²) in [7, 11) is 0. The Bertz CT molecular complexity index is 682. The standard InChI is InChI=1S/C19H27N5O/c1-15(2)13-24-11-9-20-18(24)12-21-19(25)22-16-8-10-23(14-16)17-6-4-3-5-7-17/h3-7,9,11,15-16H,8,10,12-14H2,1-2H3,(H2,21,22,25)/t16-/m1/s1. The minimum absolute atomic E-state index is 0.126. The summed E-state index contributed by atoms with van der Waals surface area (Å²) in [4.78, 5) is 18.8. The molecule has 0 unspecified atom stereocenters. The fourth-order valence-electron chi connectivity index (χ4n) is 3.21. The van der Waals surface area contributed by atoms with Crippen LogP contribution in [0.3, 0.4) is 0 Å². The van der Waals surface area contributed by atoms with E-state index in [1.165, 1.54) is 5.69 Å². The van der Waals surface area contributed by atoms with Gasteiger partial charge in [-0.15, -0.1) is 0 Å². The number of imidazole rings is 1. The van der Waals surface area contributed by atoms with Crippen LogP contribution in [0.15, 0.2) is 42.7 Å².